The normalized spacial score (nSPS) is 16.1. The highest BCUT2D eigenvalue weighted by atomic mass is 31.2. The summed E-state index contributed by atoms with van der Waals surface area (Å²) < 4.78 is 63.2. The lowest BCUT2D eigenvalue weighted by atomic mass is 10.2. The number of hydrogen-bond donors (Lipinski definition) is 3. The Morgan fingerprint density at radius 1 is 1.38 bits per heavy atom. The lowest BCUT2D eigenvalue weighted by molar-refractivity contribution is -0.176. The Hall–Kier alpha value is -1.16. The summed E-state index contributed by atoms with van der Waals surface area (Å²) >= 11 is 0. The molecule has 0 rings (SSSR count). The summed E-state index contributed by atoms with van der Waals surface area (Å²) in [4.78, 5) is 39.4. The third kappa shape index (κ3) is 9.40. The monoisotopic (exact) mass is 338 g/mol. The first-order chi connectivity index (χ1) is 9.67. The van der Waals surface area contributed by atoms with E-state index in [1.54, 1.807) is 0 Å². The first-order valence-corrected chi connectivity index (χ1v) is 7.01. The number of rotatable bonds is 7. The second-order valence-electron chi connectivity index (χ2n) is 3.96. The zero-order chi connectivity index (χ0) is 17.8. The van der Waals surface area contributed by atoms with Crippen molar-refractivity contribution in [2.24, 2.45) is 0 Å². The summed E-state index contributed by atoms with van der Waals surface area (Å²) in [6, 6.07) is -2.91. The van der Waals surface area contributed by atoms with Gasteiger partial charge in [-0.15, -0.1) is 0 Å². The highest BCUT2D eigenvalue weighted by Gasteiger charge is 2.41. The number of halogens is 3. The molecule has 124 valence electrons. The van der Waals surface area contributed by atoms with Gasteiger partial charge >= 0.3 is 25.9 Å². The van der Waals surface area contributed by atoms with Crippen molar-refractivity contribution >= 4 is 19.7 Å². The van der Waals surface area contributed by atoms with Crippen LogP contribution in [0.3, 0.4) is 0 Å². The largest absolute Gasteiger partial charge is 0.471 e. The Bertz CT molecular complexity index is 467. The van der Waals surface area contributed by atoms with Gasteiger partial charge in [-0.1, -0.05) is 0 Å². The Morgan fingerprint density at radius 2 is 1.90 bits per heavy atom. The van der Waals surface area contributed by atoms with Gasteiger partial charge in [0.15, 0.2) is 0 Å². The number of phosphoric acid groups is 1. The van der Waals surface area contributed by atoms with Gasteiger partial charge < -0.3 is 19.8 Å². The molecule has 3 N–H and O–H groups in total. The first-order valence-electron chi connectivity index (χ1n) is 5.98. The Labute approximate surface area is 119 Å². The van der Waals surface area contributed by atoms with Crippen molar-refractivity contribution in [3.63, 3.8) is 0 Å². The van der Waals surface area contributed by atoms with Crippen molar-refractivity contribution in [1.29, 1.82) is 0 Å². The standard InChI is InChI=1S/C9H15F3NO7P/c1-5(2)20-7(14)6(3-4-19-21(16,17)18)13-8(15)9(10,11)12/h5-6H,3-4H2,1-2H3,(H,13,15)(H2,16,17,18)/t6-/m0/s1/i6D. The first kappa shape index (κ1) is 17.9. The number of phosphoric ester groups is 1. The van der Waals surface area contributed by atoms with E-state index in [0.717, 1.165) is 5.32 Å². The van der Waals surface area contributed by atoms with E-state index in [4.69, 9.17) is 11.2 Å². The van der Waals surface area contributed by atoms with E-state index < -0.39 is 51.0 Å². The quantitative estimate of drug-likeness (QED) is 0.456. The Kier molecular flexibility index (Phi) is 6.59. The van der Waals surface area contributed by atoms with Crippen LogP contribution in [0.4, 0.5) is 13.2 Å². The van der Waals surface area contributed by atoms with Gasteiger partial charge in [-0.05, 0) is 13.8 Å². The van der Waals surface area contributed by atoms with Crippen molar-refractivity contribution in [1.82, 2.24) is 5.32 Å². The lowest BCUT2D eigenvalue weighted by Gasteiger charge is -2.19. The molecule has 0 aliphatic carbocycles. The average molecular weight is 338 g/mol. The minimum Gasteiger partial charge on any atom is -0.461 e. The molecule has 12 heteroatoms. The van der Waals surface area contributed by atoms with E-state index in [0.29, 0.717) is 0 Å². The third-order valence-electron chi connectivity index (χ3n) is 1.72. The number of carbonyl (C=O) groups is 2. The molecule has 0 heterocycles. The predicted octanol–water partition coefficient (Wildman–Crippen LogP) is 0.484. The molecule has 0 saturated heterocycles. The van der Waals surface area contributed by atoms with Gasteiger partial charge in [0.1, 0.15) is 6.02 Å². The van der Waals surface area contributed by atoms with E-state index >= 15 is 0 Å². The minimum absolute atomic E-state index is 0.789. The van der Waals surface area contributed by atoms with Crippen LogP contribution in [0.2, 0.25) is 0 Å². The van der Waals surface area contributed by atoms with Crippen LogP contribution in [0.15, 0.2) is 0 Å². The SMILES string of the molecule is [2H][C@@](CCOP(=O)(O)O)(NC(=O)C(F)(F)F)C(=O)OC(C)C. The second-order valence-corrected chi connectivity index (χ2v) is 5.20. The van der Waals surface area contributed by atoms with Crippen molar-refractivity contribution in [2.45, 2.75) is 38.6 Å². The fourth-order valence-corrected chi connectivity index (χ4v) is 1.30. The molecule has 0 aromatic rings. The highest BCUT2D eigenvalue weighted by molar-refractivity contribution is 7.46. The maximum Gasteiger partial charge on any atom is 0.471 e. The number of ether oxygens (including phenoxy) is 1. The minimum atomic E-state index is -5.35. The highest BCUT2D eigenvalue weighted by Crippen LogP contribution is 2.35. The van der Waals surface area contributed by atoms with Gasteiger partial charge in [0, 0.05) is 6.42 Å². The number of esters is 1. The topological polar surface area (TPSA) is 122 Å². The number of nitrogens with one attached hydrogen (secondary N) is 1. The zero-order valence-corrected chi connectivity index (χ0v) is 11.9. The van der Waals surface area contributed by atoms with Gasteiger partial charge in [-0.25, -0.2) is 9.36 Å². The lowest BCUT2D eigenvalue weighted by Crippen LogP contribution is -2.48. The summed E-state index contributed by atoms with van der Waals surface area (Å²) in [6.07, 6.45) is -7.11. The molecule has 0 bridgehead atoms. The van der Waals surface area contributed by atoms with Crippen LogP contribution in [0.1, 0.15) is 21.6 Å². The fraction of sp³-hybridized carbons (Fsp3) is 0.778. The molecule has 1 amide bonds. The number of hydrogen-bond acceptors (Lipinski definition) is 5. The van der Waals surface area contributed by atoms with E-state index in [1.807, 2.05) is 0 Å². The van der Waals surface area contributed by atoms with Crippen LogP contribution in [-0.2, 0) is 23.4 Å². The van der Waals surface area contributed by atoms with E-state index in [1.165, 1.54) is 13.8 Å². The maximum atomic E-state index is 12.2. The number of carbonyl (C=O) groups excluding carboxylic acids is 2. The van der Waals surface area contributed by atoms with E-state index in [2.05, 4.69) is 9.26 Å². The molecule has 0 radical (unpaired) electrons. The summed E-state index contributed by atoms with van der Waals surface area (Å²) in [5, 5.41) is 1.12. The van der Waals surface area contributed by atoms with Crippen LogP contribution in [0.5, 0.6) is 0 Å². The molecular formula is C9H15F3NO7P. The number of amides is 1. The fourth-order valence-electron chi connectivity index (χ4n) is 0.975. The maximum absolute atomic E-state index is 12.2. The Balaban J connectivity index is 5.09. The number of alkyl halides is 3. The molecule has 21 heavy (non-hydrogen) atoms. The predicted molar refractivity (Wildman–Crippen MR) is 61.8 cm³/mol. The van der Waals surface area contributed by atoms with Crippen molar-refractivity contribution < 1.29 is 47.7 Å². The summed E-state index contributed by atoms with van der Waals surface area (Å²) in [5.41, 5.74) is 0. The molecular weight excluding hydrogens is 322 g/mol. The van der Waals surface area contributed by atoms with Crippen LogP contribution < -0.4 is 5.32 Å². The van der Waals surface area contributed by atoms with Crippen molar-refractivity contribution in [2.75, 3.05) is 6.61 Å². The van der Waals surface area contributed by atoms with Gasteiger partial charge in [0.2, 0.25) is 0 Å². The van der Waals surface area contributed by atoms with E-state index in [-0.39, 0.29) is 0 Å². The summed E-state index contributed by atoms with van der Waals surface area (Å²) in [7, 11) is -4.95. The Morgan fingerprint density at radius 3 is 2.29 bits per heavy atom. The molecule has 0 saturated carbocycles. The smallest absolute Gasteiger partial charge is 0.461 e. The molecule has 0 unspecified atom stereocenters. The van der Waals surface area contributed by atoms with Gasteiger partial charge in [-0.2, -0.15) is 13.2 Å². The van der Waals surface area contributed by atoms with Gasteiger partial charge in [-0.3, -0.25) is 9.32 Å². The molecule has 8 nitrogen and oxygen atoms in total. The van der Waals surface area contributed by atoms with Gasteiger partial charge in [0.25, 0.3) is 0 Å². The van der Waals surface area contributed by atoms with Crippen LogP contribution in [-0.4, -0.2) is 46.6 Å². The van der Waals surface area contributed by atoms with E-state index in [9.17, 15) is 27.3 Å². The molecule has 1 atom stereocenters. The zero-order valence-electron chi connectivity index (χ0n) is 12.0. The van der Waals surface area contributed by atoms with Crippen LogP contribution in [0.25, 0.3) is 0 Å². The van der Waals surface area contributed by atoms with Crippen molar-refractivity contribution in [3.8, 4) is 0 Å². The molecule has 0 aromatic heterocycles. The summed E-state index contributed by atoms with van der Waals surface area (Å²) in [5.74, 6) is -4.09. The molecule has 0 aromatic carbocycles. The molecule has 0 spiro atoms. The molecule has 0 aliphatic rings. The average Bonchev–Trinajstić information content (AvgIpc) is 2.24. The van der Waals surface area contributed by atoms with Crippen LogP contribution >= 0.6 is 7.82 Å². The molecule has 0 fully saturated rings. The van der Waals surface area contributed by atoms with Crippen molar-refractivity contribution in [3.05, 3.63) is 0 Å². The molecule has 0 aliphatic heterocycles. The third-order valence-corrected chi connectivity index (χ3v) is 2.24. The second kappa shape index (κ2) is 7.74. The van der Waals surface area contributed by atoms with Gasteiger partial charge in [0.05, 0.1) is 14.1 Å². The summed E-state index contributed by atoms with van der Waals surface area (Å²) in [6.45, 7) is 1.76. The van der Waals surface area contributed by atoms with Crippen LogP contribution in [0, 0.1) is 0 Å².